The summed E-state index contributed by atoms with van der Waals surface area (Å²) >= 11 is 0. The summed E-state index contributed by atoms with van der Waals surface area (Å²) in [6, 6.07) is 0. The van der Waals surface area contributed by atoms with E-state index in [1.165, 1.54) is 0 Å². The van der Waals surface area contributed by atoms with E-state index in [-0.39, 0.29) is 5.75 Å². The smallest absolute Gasteiger partial charge is 0.216 e. The minimum atomic E-state index is -3.15. The third-order valence-electron chi connectivity index (χ3n) is 3.55. The Hall–Kier alpha value is -0.170. The van der Waals surface area contributed by atoms with Crippen molar-refractivity contribution in [2.24, 2.45) is 11.8 Å². The number of hydrogen-bond acceptors (Lipinski definition) is 4. The average molecular weight is 306 g/mol. The molecule has 0 amide bonds. The van der Waals surface area contributed by atoms with Crippen molar-refractivity contribution in [1.29, 1.82) is 0 Å². The van der Waals surface area contributed by atoms with E-state index in [4.69, 9.17) is 4.74 Å². The topological polar surface area (TPSA) is 58.6 Å². The molecule has 1 aliphatic rings. The number of rotatable bonds is 9. The van der Waals surface area contributed by atoms with Crippen molar-refractivity contribution in [1.82, 2.24) is 9.62 Å². The minimum Gasteiger partial charge on any atom is -0.381 e. The summed E-state index contributed by atoms with van der Waals surface area (Å²) in [7, 11) is -3.15. The summed E-state index contributed by atoms with van der Waals surface area (Å²) < 4.78 is 31.2. The normalized spacial score (nSPS) is 21.5. The van der Waals surface area contributed by atoms with Crippen LogP contribution in [0.25, 0.3) is 0 Å². The van der Waals surface area contributed by atoms with Gasteiger partial charge in [0.05, 0.1) is 12.4 Å². The lowest BCUT2D eigenvalue weighted by Crippen LogP contribution is -2.44. The average Bonchev–Trinajstić information content (AvgIpc) is 2.39. The molecule has 0 saturated carbocycles. The molecule has 1 atom stereocenters. The van der Waals surface area contributed by atoms with E-state index in [0.717, 1.165) is 25.9 Å². The summed E-state index contributed by atoms with van der Waals surface area (Å²) in [4.78, 5) is 0. The Morgan fingerprint density at radius 3 is 2.80 bits per heavy atom. The lowest BCUT2D eigenvalue weighted by Gasteiger charge is -2.32. The van der Waals surface area contributed by atoms with Crippen LogP contribution in [0, 0.1) is 11.8 Å². The van der Waals surface area contributed by atoms with Gasteiger partial charge in [-0.2, -0.15) is 0 Å². The number of piperidine rings is 1. The molecule has 1 heterocycles. The Morgan fingerprint density at radius 2 is 2.15 bits per heavy atom. The third-order valence-corrected chi connectivity index (χ3v) is 5.35. The molecule has 5 nitrogen and oxygen atoms in total. The first-order chi connectivity index (χ1) is 9.45. The lowest BCUT2D eigenvalue weighted by molar-refractivity contribution is 0.161. The molecule has 1 rings (SSSR count). The molecule has 0 spiro atoms. The molecule has 1 saturated heterocycles. The Bertz CT molecular complexity index is 357. The molecular weight excluding hydrogens is 276 g/mol. The van der Waals surface area contributed by atoms with Gasteiger partial charge in [0.2, 0.25) is 10.0 Å². The van der Waals surface area contributed by atoms with Crippen molar-refractivity contribution < 1.29 is 13.2 Å². The summed E-state index contributed by atoms with van der Waals surface area (Å²) in [5.74, 6) is 1.17. The van der Waals surface area contributed by atoms with Crippen LogP contribution in [0.5, 0.6) is 0 Å². The molecule has 1 N–H and O–H groups in total. The van der Waals surface area contributed by atoms with Crippen LogP contribution in [0.2, 0.25) is 0 Å². The monoisotopic (exact) mass is 306 g/mol. The van der Waals surface area contributed by atoms with Gasteiger partial charge in [-0.15, -0.1) is 0 Å². The van der Waals surface area contributed by atoms with Gasteiger partial charge in [-0.05, 0) is 44.7 Å². The molecule has 0 aromatic carbocycles. The van der Waals surface area contributed by atoms with Gasteiger partial charge in [-0.3, -0.25) is 0 Å². The van der Waals surface area contributed by atoms with Gasteiger partial charge in [0.15, 0.2) is 0 Å². The maximum Gasteiger partial charge on any atom is 0.216 e. The van der Waals surface area contributed by atoms with Crippen molar-refractivity contribution >= 4 is 10.0 Å². The second kappa shape index (κ2) is 8.97. The molecule has 0 aromatic rings. The van der Waals surface area contributed by atoms with Gasteiger partial charge in [-0.25, -0.2) is 12.7 Å². The molecule has 0 aromatic heterocycles. The van der Waals surface area contributed by atoms with Crippen LogP contribution in [0.3, 0.4) is 0 Å². The Morgan fingerprint density at radius 1 is 1.40 bits per heavy atom. The molecule has 0 radical (unpaired) electrons. The summed E-state index contributed by atoms with van der Waals surface area (Å²) in [6.07, 6.45) is 2.07. The molecule has 0 bridgehead atoms. The molecule has 120 valence electrons. The fraction of sp³-hybridized carbons (Fsp3) is 1.00. The maximum atomic E-state index is 12.2. The fourth-order valence-electron chi connectivity index (χ4n) is 2.46. The van der Waals surface area contributed by atoms with Crippen LogP contribution in [-0.4, -0.2) is 57.9 Å². The molecule has 1 fully saturated rings. The molecular formula is C14H30N2O3S. The molecule has 1 unspecified atom stereocenters. The quantitative estimate of drug-likeness (QED) is 0.653. The first-order valence-corrected chi connectivity index (χ1v) is 9.33. The summed E-state index contributed by atoms with van der Waals surface area (Å²) in [5.41, 5.74) is 0. The van der Waals surface area contributed by atoms with Gasteiger partial charge in [0, 0.05) is 19.7 Å². The van der Waals surface area contributed by atoms with Crippen molar-refractivity contribution in [3.8, 4) is 0 Å². The Labute approximate surface area is 124 Å². The van der Waals surface area contributed by atoms with Crippen LogP contribution in [0.15, 0.2) is 0 Å². The van der Waals surface area contributed by atoms with E-state index >= 15 is 0 Å². The van der Waals surface area contributed by atoms with E-state index in [9.17, 15) is 8.42 Å². The van der Waals surface area contributed by atoms with E-state index in [0.29, 0.717) is 38.1 Å². The number of nitrogens with zero attached hydrogens (tertiary/aromatic N) is 1. The van der Waals surface area contributed by atoms with Gasteiger partial charge >= 0.3 is 0 Å². The van der Waals surface area contributed by atoms with E-state index < -0.39 is 10.0 Å². The highest BCUT2D eigenvalue weighted by molar-refractivity contribution is 7.89. The van der Waals surface area contributed by atoms with Crippen molar-refractivity contribution in [3.05, 3.63) is 0 Å². The number of sulfonamides is 1. The summed E-state index contributed by atoms with van der Waals surface area (Å²) in [6.45, 7) is 10.3. The molecule has 6 heteroatoms. The molecule has 0 aliphatic carbocycles. The summed E-state index contributed by atoms with van der Waals surface area (Å²) in [5, 5.41) is 3.43. The first kappa shape index (κ1) is 17.9. The molecule has 1 aliphatic heterocycles. The van der Waals surface area contributed by atoms with Gasteiger partial charge in [-0.1, -0.05) is 13.8 Å². The Balaban J connectivity index is 2.39. The van der Waals surface area contributed by atoms with Gasteiger partial charge in [0.25, 0.3) is 0 Å². The maximum absolute atomic E-state index is 12.2. The van der Waals surface area contributed by atoms with Crippen molar-refractivity contribution in [2.45, 2.75) is 33.6 Å². The first-order valence-electron chi connectivity index (χ1n) is 7.72. The predicted molar refractivity (Wildman–Crippen MR) is 82.3 cm³/mol. The van der Waals surface area contributed by atoms with Crippen LogP contribution < -0.4 is 5.32 Å². The largest absolute Gasteiger partial charge is 0.381 e. The number of nitrogens with one attached hydrogen (secondary N) is 1. The van der Waals surface area contributed by atoms with Crippen LogP contribution in [0.4, 0.5) is 0 Å². The number of hydrogen-bond donors (Lipinski definition) is 1. The predicted octanol–water partition coefficient (Wildman–Crippen LogP) is 1.31. The van der Waals surface area contributed by atoms with Crippen LogP contribution >= 0.6 is 0 Å². The standard InChI is InChI=1S/C14H30N2O3S/c1-4-19-8-9-20(17,18)16-7-5-6-14(12-16)11-15-10-13(2)3/h13-15H,4-12H2,1-3H3. The second-order valence-corrected chi connectivity index (χ2v) is 8.02. The lowest BCUT2D eigenvalue weighted by atomic mass is 9.99. The van der Waals surface area contributed by atoms with E-state index in [1.807, 2.05) is 6.92 Å². The highest BCUT2D eigenvalue weighted by Gasteiger charge is 2.28. The number of ether oxygens (including phenoxy) is 1. The second-order valence-electron chi connectivity index (χ2n) is 5.93. The molecule has 20 heavy (non-hydrogen) atoms. The fourth-order valence-corrected chi connectivity index (χ4v) is 3.89. The SMILES string of the molecule is CCOCCS(=O)(=O)N1CCCC(CNCC(C)C)C1. The van der Waals surface area contributed by atoms with Crippen molar-refractivity contribution in [2.75, 3.05) is 45.1 Å². The minimum absolute atomic E-state index is 0.104. The highest BCUT2D eigenvalue weighted by Crippen LogP contribution is 2.19. The van der Waals surface area contributed by atoms with Crippen LogP contribution in [0.1, 0.15) is 33.6 Å². The van der Waals surface area contributed by atoms with E-state index in [2.05, 4.69) is 19.2 Å². The van der Waals surface area contributed by atoms with Crippen molar-refractivity contribution in [3.63, 3.8) is 0 Å². The van der Waals surface area contributed by atoms with Gasteiger partial charge in [0.1, 0.15) is 0 Å². The third kappa shape index (κ3) is 6.52. The van der Waals surface area contributed by atoms with Crippen LogP contribution in [-0.2, 0) is 14.8 Å². The zero-order valence-corrected chi connectivity index (χ0v) is 13.9. The zero-order valence-electron chi connectivity index (χ0n) is 13.1. The Kier molecular flexibility index (Phi) is 8.02. The highest BCUT2D eigenvalue weighted by atomic mass is 32.2. The van der Waals surface area contributed by atoms with Gasteiger partial charge < -0.3 is 10.1 Å². The zero-order chi connectivity index (χ0) is 15.0. The van der Waals surface area contributed by atoms with E-state index in [1.54, 1.807) is 4.31 Å².